The summed E-state index contributed by atoms with van der Waals surface area (Å²) in [5.41, 5.74) is 0.669. The fraction of sp³-hybridized carbons (Fsp3) is 0.533. The zero-order valence-electron chi connectivity index (χ0n) is 13.2. The molecular formula is C15H24N2O3S. The van der Waals surface area contributed by atoms with E-state index in [2.05, 4.69) is 10.6 Å². The Morgan fingerprint density at radius 2 is 1.71 bits per heavy atom. The van der Waals surface area contributed by atoms with E-state index in [1.807, 2.05) is 20.8 Å². The van der Waals surface area contributed by atoms with Crippen LogP contribution in [-0.2, 0) is 21.2 Å². The Balaban J connectivity index is 2.58. The molecule has 6 heteroatoms. The monoisotopic (exact) mass is 312 g/mol. The predicted octanol–water partition coefficient (Wildman–Crippen LogP) is 1.48. The number of carbonyl (C=O) groups is 1. The van der Waals surface area contributed by atoms with Gasteiger partial charge < -0.3 is 10.6 Å². The summed E-state index contributed by atoms with van der Waals surface area (Å²) in [7, 11) is -3.17. The summed E-state index contributed by atoms with van der Waals surface area (Å²) in [6, 6.07) is 6.33. The molecule has 1 amide bonds. The summed E-state index contributed by atoms with van der Waals surface area (Å²) in [5, 5.41) is 6.02. The van der Waals surface area contributed by atoms with Crippen LogP contribution in [0.2, 0.25) is 0 Å². The fourth-order valence-corrected chi connectivity index (χ4v) is 2.33. The van der Waals surface area contributed by atoms with E-state index in [1.54, 1.807) is 31.2 Å². The molecule has 0 saturated heterocycles. The van der Waals surface area contributed by atoms with Crippen molar-refractivity contribution in [2.24, 2.45) is 0 Å². The number of hydrogen-bond donors (Lipinski definition) is 2. The van der Waals surface area contributed by atoms with Crippen LogP contribution in [0.4, 0.5) is 0 Å². The average molecular weight is 312 g/mol. The van der Waals surface area contributed by atoms with Gasteiger partial charge in [0.25, 0.3) is 0 Å². The molecule has 118 valence electrons. The van der Waals surface area contributed by atoms with E-state index in [9.17, 15) is 13.2 Å². The highest BCUT2D eigenvalue weighted by atomic mass is 32.2. The molecule has 0 spiro atoms. The molecule has 1 aromatic rings. The molecule has 0 bridgehead atoms. The zero-order valence-corrected chi connectivity index (χ0v) is 14.0. The van der Waals surface area contributed by atoms with Crippen LogP contribution in [0.3, 0.4) is 0 Å². The molecule has 1 atom stereocenters. The number of carbonyl (C=O) groups excluding carboxylic acids is 1. The standard InChI is InChI=1S/C15H24N2O3S/c1-11(14(18)17-15(2,3)4)16-10-12-6-8-13(9-7-12)21(5,19)20/h6-9,11,16H,10H2,1-5H3,(H,17,18). The minimum absolute atomic E-state index is 0.0599. The van der Waals surface area contributed by atoms with E-state index in [0.29, 0.717) is 11.4 Å². The second-order valence-corrected chi connectivity index (χ2v) is 8.27. The van der Waals surface area contributed by atoms with Crippen LogP contribution in [0.5, 0.6) is 0 Å². The number of sulfone groups is 1. The summed E-state index contributed by atoms with van der Waals surface area (Å²) in [4.78, 5) is 12.2. The number of rotatable bonds is 5. The first-order valence-corrected chi connectivity index (χ1v) is 8.72. The molecular weight excluding hydrogens is 288 g/mol. The first kappa shape index (κ1) is 17.7. The maximum absolute atomic E-state index is 11.9. The molecule has 1 rings (SSSR count). The van der Waals surface area contributed by atoms with E-state index >= 15 is 0 Å². The summed E-state index contributed by atoms with van der Waals surface area (Å²) in [6.45, 7) is 8.10. The van der Waals surface area contributed by atoms with Gasteiger partial charge in [0.15, 0.2) is 9.84 Å². The van der Waals surface area contributed by atoms with Gasteiger partial charge in [0, 0.05) is 18.3 Å². The molecule has 0 aliphatic carbocycles. The van der Waals surface area contributed by atoms with Gasteiger partial charge in [0.2, 0.25) is 5.91 Å². The van der Waals surface area contributed by atoms with E-state index in [4.69, 9.17) is 0 Å². The van der Waals surface area contributed by atoms with Crippen LogP contribution in [0.1, 0.15) is 33.3 Å². The smallest absolute Gasteiger partial charge is 0.237 e. The van der Waals surface area contributed by atoms with Crippen LogP contribution in [0.25, 0.3) is 0 Å². The molecule has 2 N–H and O–H groups in total. The Kier molecular flexibility index (Phi) is 5.53. The van der Waals surface area contributed by atoms with Crippen LogP contribution in [0, 0.1) is 0 Å². The topological polar surface area (TPSA) is 75.3 Å². The lowest BCUT2D eigenvalue weighted by Gasteiger charge is -2.23. The van der Waals surface area contributed by atoms with Crippen molar-refractivity contribution >= 4 is 15.7 Å². The van der Waals surface area contributed by atoms with Crippen molar-refractivity contribution in [3.63, 3.8) is 0 Å². The second-order valence-electron chi connectivity index (χ2n) is 6.26. The lowest BCUT2D eigenvalue weighted by atomic mass is 10.1. The van der Waals surface area contributed by atoms with Crippen molar-refractivity contribution in [1.29, 1.82) is 0 Å². The molecule has 1 aromatic carbocycles. The van der Waals surface area contributed by atoms with Crippen LogP contribution in [0.15, 0.2) is 29.2 Å². The highest BCUT2D eigenvalue weighted by Gasteiger charge is 2.18. The van der Waals surface area contributed by atoms with Crippen molar-refractivity contribution in [3.05, 3.63) is 29.8 Å². The van der Waals surface area contributed by atoms with Gasteiger partial charge in [-0.15, -0.1) is 0 Å². The molecule has 21 heavy (non-hydrogen) atoms. The van der Waals surface area contributed by atoms with E-state index in [-0.39, 0.29) is 17.5 Å². The van der Waals surface area contributed by atoms with Gasteiger partial charge in [-0.3, -0.25) is 4.79 Å². The third-order valence-corrected chi connectivity index (χ3v) is 3.98. The summed E-state index contributed by atoms with van der Waals surface area (Å²) < 4.78 is 22.7. The molecule has 0 aliphatic heterocycles. The SMILES string of the molecule is CC(NCc1ccc(S(C)(=O)=O)cc1)C(=O)NC(C)(C)C. The summed E-state index contributed by atoms with van der Waals surface area (Å²) >= 11 is 0. The van der Waals surface area contributed by atoms with Crippen molar-refractivity contribution in [2.45, 2.75) is 50.7 Å². The Labute approximate surface area is 127 Å². The minimum atomic E-state index is -3.17. The fourth-order valence-electron chi connectivity index (χ4n) is 1.70. The van der Waals surface area contributed by atoms with Crippen molar-refractivity contribution < 1.29 is 13.2 Å². The van der Waals surface area contributed by atoms with Crippen molar-refractivity contribution in [3.8, 4) is 0 Å². The maximum Gasteiger partial charge on any atom is 0.237 e. The molecule has 0 radical (unpaired) electrons. The lowest BCUT2D eigenvalue weighted by Crippen LogP contribution is -2.49. The van der Waals surface area contributed by atoms with Crippen LogP contribution < -0.4 is 10.6 Å². The van der Waals surface area contributed by atoms with Gasteiger partial charge in [-0.05, 0) is 45.4 Å². The van der Waals surface area contributed by atoms with Gasteiger partial charge in [-0.2, -0.15) is 0 Å². The Bertz CT molecular complexity index is 586. The Morgan fingerprint density at radius 1 is 1.19 bits per heavy atom. The molecule has 0 saturated carbocycles. The second kappa shape index (κ2) is 6.58. The van der Waals surface area contributed by atoms with Gasteiger partial charge >= 0.3 is 0 Å². The highest BCUT2D eigenvalue weighted by Crippen LogP contribution is 2.10. The molecule has 0 aliphatic rings. The molecule has 0 heterocycles. The normalized spacial score (nSPS) is 13.8. The molecule has 5 nitrogen and oxygen atoms in total. The van der Waals surface area contributed by atoms with Crippen molar-refractivity contribution in [1.82, 2.24) is 10.6 Å². The van der Waals surface area contributed by atoms with E-state index < -0.39 is 9.84 Å². The van der Waals surface area contributed by atoms with Gasteiger partial charge in [-0.1, -0.05) is 12.1 Å². The Morgan fingerprint density at radius 3 is 2.14 bits per heavy atom. The quantitative estimate of drug-likeness (QED) is 0.863. The third kappa shape index (κ3) is 6.27. The van der Waals surface area contributed by atoms with Crippen molar-refractivity contribution in [2.75, 3.05) is 6.26 Å². The van der Waals surface area contributed by atoms with E-state index in [1.165, 1.54) is 6.26 Å². The lowest BCUT2D eigenvalue weighted by molar-refractivity contribution is -0.124. The zero-order chi connectivity index (χ0) is 16.3. The molecule has 0 aromatic heterocycles. The largest absolute Gasteiger partial charge is 0.350 e. The Hall–Kier alpha value is -1.40. The molecule has 1 unspecified atom stereocenters. The predicted molar refractivity (Wildman–Crippen MR) is 83.7 cm³/mol. The minimum Gasteiger partial charge on any atom is -0.350 e. The van der Waals surface area contributed by atoms with Gasteiger partial charge in [0.05, 0.1) is 10.9 Å². The maximum atomic E-state index is 11.9. The van der Waals surface area contributed by atoms with Crippen LogP contribution in [-0.4, -0.2) is 32.2 Å². The summed E-state index contributed by atoms with van der Waals surface area (Å²) in [6.07, 6.45) is 1.18. The van der Waals surface area contributed by atoms with Gasteiger partial charge in [-0.25, -0.2) is 8.42 Å². The van der Waals surface area contributed by atoms with E-state index in [0.717, 1.165) is 5.56 Å². The van der Waals surface area contributed by atoms with Gasteiger partial charge in [0.1, 0.15) is 0 Å². The number of amides is 1. The number of benzene rings is 1. The first-order valence-electron chi connectivity index (χ1n) is 6.83. The van der Waals surface area contributed by atoms with Crippen LogP contribution >= 0.6 is 0 Å². The average Bonchev–Trinajstić information content (AvgIpc) is 2.33. The highest BCUT2D eigenvalue weighted by molar-refractivity contribution is 7.90. The summed E-state index contributed by atoms with van der Waals surface area (Å²) in [5.74, 6) is -0.0599. The number of nitrogens with one attached hydrogen (secondary N) is 2. The molecule has 0 fully saturated rings. The first-order chi connectivity index (χ1) is 9.49. The third-order valence-electron chi connectivity index (χ3n) is 2.86. The number of hydrogen-bond acceptors (Lipinski definition) is 4.